The van der Waals surface area contributed by atoms with Crippen LogP contribution in [0, 0.1) is 0 Å². The minimum Gasteiger partial charge on any atom is -0.348 e. The number of ether oxygens (including phenoxy) is 2. The molecule has 8 heteroatoms. The highest BCUT2D eigenvalue weighted by molar-refractivity contribution is 7.89. The second-order valence-corrected chi connectivity index (χ2v) is 10.5. The Morgan fingerprint density at radius 1 is 0.967 bits per heavy atom. The number of likely N-dealkylation sites (tertiary alicyclic amines) is 1. The van der Waals surface area contributed by atoms with Crippen LogP contribution in [0.1, 0.15) is 61.7 Å². The van der Waals surface area contributed by atoms with Crippen LogP contribution in [0.25, 0.3) is 0 Å². The third-order valence-corrected chi connectivity index (χ3v) is 8.56. The van der Waals surface area contributed by atoms with Crippen LogP contribution >= 0.6 is 0 Å². The summed E-state index contributed by atoms with van der Waals surface area (Å²) in [6.45, 7) is 1.78. The molecule has 1 aromatic rings. The second kappa shape index (κ2) is 9.34. The Hall–Kier alpha value is -1.48. The molecule has 0 spiro atoms. The lowest BCUT2D eigenvalue weighted by Gasteiger charge is -2.38. The standard InChI is InChI=1S/C22H32N2O5S/c1-23(18-7-3-2-4-8-18)30(26,27)19-12-10-17(11-13-19)21(25)24-14-6-5-9-20(24)22-28-15-16-29-22/h10-13,18,20,22H,2-9,14-16H2,1H3. The third-order valence-electron chi connectivity index (χ3n) is 6.64. The normalized spacial score (nSPS) is 24.5. The molecule has 1 saturated carbocycles. The first-order valence-corrected chi connectivity index (χ1v) is 12.5. The number of nitrogens with zero attached hydrogens (tertiary/aromatic N) is 2. The van der Waals surface area contributed by atoms with E-state index in [0.717, 1.165) is 44.9 Å². The van der Waals surface area contributed by atoms with Gasteiger partial charge in [0.2, 0.25) is 10.0 Å². The number of benzene rings is 1. The zero-order valence-corrected chi connectivity index (χ0v) is 18.5. The van der Waals surface area contributed by atoms with Crippen molar-refractivity contribution < 1.29 is 22.7 Å². The molecule has 2 aliphatic heterocycles. The number of carbonyl (C=O) groups is 1. The zero-order chi connectivity index (χ0) is 21.1. The van der Waals surface area contributed by atoms with Crippen molar-refractivity contribution in [3.63, 3.8) is 0 Å². The molecule has 7 nitrogen and oxygen atoms in total. The number of hydrogen-bond acceptors (Lipinski definition) is 5. The van der Waals surface area contributed by atoms with Crippen LogP contribution in [0.4, 0.5) is 0 Å². The van der Waals surface area contributed by atoms with Gasteiger partial charge in [-0.3, -0.25) is 4.79 Å². The van der Waals surface area contributed by atoms with Gasteiger partial charge in [0.25, 0.3) is 5.91 Å². The van der Waals surface area contributed by atoms with Gasteiger partial charge in [0.1, 0.15) is 0 Å². The maximum Gasteiger partial charge on any atom is 0.254 e. The van der Waals surface area contributed by atoms with Gasteiger partial charge in [0.15, 0.2) is 6.29 Å². The SMILES string of the molecule is CN(C1CCCCC1)S(=O)(=O)c1ccc(C(=O)N2CCCCC2C2OCCO2)cc1. The predicted molar refractivity (Wildman–Crippen MR) is 113 cm³/mol. The average Bonchev–Trinajstić information content (AvgIpc) is 3.33. The summed E-state index contributed by atoms with van der Waals surface area (Å²) in [6, 6.07) is 6.35. The lowest BCUT2D eigenvalue weighted by molar-refractivity contribution is -0.100. The lowest BCUT2D eigenvalue weighted by atomic mass is 9.96. The molecule has 1 amide bonds. The molecule has 0 N–H and O–H groups in total. The smallest absolute Gasteiger partial charge is 0.254 e. The summed E-state index contributed by atoms with van der Waals surface area (Å²) in [5.74, 6) is -0.0941. The van der Waals surface area contributed by atoms with Crippen molar-refractivity contribution in [3.8, 4) is 0 Å². The Labute approximate surface area is 179 Å². The molecule has 3 aliphatic rings. The van der Waals surface area contributed by atoms with E-state index in [1.807, 2.05) is 4.90 Å². The fourth-order valence-electron chi connectivity index (χ4n) is 4.83. The lowest BCUT2D eigenvalue weighted by Crippen LogP contribution is -2.50. The third kappa shape index (κ3) is 4.42. The molecule has 2 saturated heterocycles. The van der Waals surface area contributed by atoms with Gasteiger partial charge in [-0.25, -0.2) is 8.42 Å². The van der Waals surface area contributed by atoms with E-state index in [0.29, 0.717) is 25.3 Å². The molecule has 0 aromatic heterocycles. The van der Waals surface area contributed by atoms with Crippen molar-refractivity contribution in [1.29, 1.82) is 0 Å². The Morgan fingerprint density at radius 2 is 1.60 bits per heavy atom. The largest absolute Gasteiger partial charge is 0.348 e. The first-order valence-electron chi connectivity index (χ1n) is 11.1. The Morgan fingerprint density at radius 3 is 2.27 bits per heavy atom. The molecule has 30 heavy (non-hydrogen) atoms. The van der Waals surface area contributed by atoms with Crippen LogP contribution in [-0.2, 0) is 19.5 Å². The average molecular weight is 437 g/mol. The van der Waals surface area contributed by atoms with Crippen molar-refractivity contribution in [2.75, 3.05) is 26.8 Å². The number of hydrogen-bond donors (Lipinski definition) is 0. The number of carbonyl (C=O) groups excluding carboxylic acids is 1. The monoisotopic (exact) mass is 436 g/mol. The molecule has 1 unspecified atom stereocenters. The minimum absolute atomic E-state index is 0.0607. The second-order valence-electron chi connectivity index (χ2n) is 8.51. The summed E-state index contributed by atoms with van der Waals surface area (Å²) in [5.41, 5.74) is 0.499. The van der Waals surface area contributed by atoms with Gasteiger partial charge in [0.05, 0.1) is 24.2 Å². The van der Waals surface area contributed by atoms with E-state index in [4.69, 9.17) is 9.47 Å². The molecule has 2 heterocycles. The molecule has 1 atom stereocenters. The predicted octanol–water partition coefficient (Wildman–Crippen LogP) is 3.01. The van der Waals surface area contributed by atoms with Crippen molar-refractivity contribution in [3.05, 3.63) is 29.8 Å². The molecule has 0 radical (unpaired) electrons. The van der Waals surface area contributed by atoms with Crippen LogP contribution in [0.2, 0.25) is 0 Å². The molecular weight excluding hydrogens is 404 g/mol. The summed E-state index contributed by atoms with van der Waals surface area (Å²) in [7, 11) is -1.89. The molecule has 1 aliphatic carbocycles. The van der Waals surface area contributed by atoms with E-state index >= 15 is 0 Å². The maximum absolute atomic E-state index is 13.2. The number of piperidine rings is 1. The number of amides is 1. The Bertz CT molecular complexity index is 830. The molecule has 0 bridgehead atoms. The highest BCUT2D eigenvalue weighted by atomic mass is 32.2. The summed E-state index contributed by atoms with van der Waals surface area (Å²) in [5, 5.41) is 0. The molecule has 1 aromatic carbocycles. The van der Waals surface area contributed by atoms with Crippen molar-refractivity contribution in [2.45, 2.75) is 74.6 Å². The highest BCUT2D eigenvalue weighted by Gasteiger charge is 2.37. The van der Waals surface area contributed by atoms with Gasteiger partial charge in [-0.05, 0) is 56.4 Å². The van der Waals surface area contributed by atoms with Gasteiger partial charge < -0.3 is 14.4 Å². The summed E-state index contributed by atoms with van der Waals surface area (Å²) in [6.07, 6.45) is 7.63. The van der Waals surface area contributed by atoms with Crippen molar-refractivity contribution >= 4 is 15.9 Å². The van der Waals surface area contributed by atoms with Crippen LogP contribution in [0.5, 0.6) is 0 Å². The number of rotatable bonds is 5. The summed E-state index contributed by atoms with van der Waals surface area (Å²) >= 11 is 0. The topological polar surface area (TPSA) is 76.2 Å². The van der Waals surface area contributed by atoms with Crippen LogP contribution in [0.15, 0.2) is 29.2 Å². The fraction of sp³-hybridized carbons (Fsp3) is 0.682. The van der Waals surface area contributed by atoms with Crippen LogP contribution in [0.3, 0.4) is 0 Å². The van der Waals surface area contributed by atoms with E-state index in [9.17, 15) is 13.2 Å². The number of sulfonamides is 1. The van der Waals surface area contributed by atoms with Crippen molar-refractivity contribution in [2.24, 2.45) is 0 Å². The van der Waals surface area contributed by atoms with Crippen LogP contribution < -0.4 is 0 Å². The first kappa shape index (κ1) is 21.7. The van der Waals surface area contributed by atoms with Gasteiger partial charge in [-0.15, -0.1) is 0 Å². The van der Waals surface area contributed by atoms with Crippen LogP contribution in [-0.4, -0.2) is 68.7 Å². The molecular formula is C22H32N2O5S. The molecule has 3 fully saturated rings. The van der Waals surface area contributed by atoms with Gasteiger partial charge in [0, 0.05) is 25.2 Å². The summed E-state index contributed by atoms with van der Waals surface area (Å²) < 4.78 is 38.9. The Kier molecular flexibility index (Phi) is 6.77. The van der Waals surface area contributed by atoms with Crippen molar-refractivity contribution in [1.82, 2.24) is 9.21 Å². The quantitative estimate of drug-likeness (QED) is 0.709. The Balaban J connectivity index is 1.48. The van der Waals surface area contributed by atoms with Gasteiger partial charge >= 0.3 is 0 Å². The summed E-state index contributed by atoms with van der Waals surface area (Å²) in [4.78, 5) is 15.2. The zero-order valence-electron chi connectivity index (χ0n) is 17.7. The van der Waals surface area contributed by atoms with Gasteiger partial charge in [-0.2, -0.15) is 4.31 Å². The van der Waals surface area contributed by atoms with E-state index in [2.05, 4.69) is 0 Å². The van der Waals surface area contributed by atoms with E-state index in [-0.39, 0.29) is 29.2 Å². The first-order chi connectivity index (χ1) is 14.5. The minimum atomic E-state index is -3.56. The highest BCUT2D eigenvalue weighted by Crippen LogP contribution is 2.28. The van der Waals surface area contributed by atoms with E-state index in [1.165, 1.54) is 10.7 Å². The maximum atomic E-state index is 13.2. The van der Waals surface area contributed by atoms with Gasteiger partial charge in [-0.1, -0.05) is 19.3 Å². The molecule has 4 rings (SSSR count). The molecule has 166 valence electrons. The van der Waals surface area contributed by atoms with E-state index in [1.54, 1.807) is 31.3 Å². The van der Waals surface area contributed by atoms with E-state index < -0.39 is 10.0 Å². The fourth-order valence-corrected chi connectivity index (χ4v) is 6.25.